The maximum Gasteiger partial charge on any atom is 0.291 e. The van der Waals surface area contributed by atoms with Crippen molar-refractivity contribution in [2.75, 3.05) is 25.1 Å². The van der Waals surface area contributed by atoms with Crippen LogP contribution < -0.4 is 15.4 Å². The molecule has 0 radical (unpaired) electrons. The van der Waals surface area contributed by atoms with Gasteiger partial charge in [0.15, 0.2) is 11.5 Å². The first-order valence-electron chi connectivity index (χ1n) is 10.2. The summed E-state index contributed by atoms with van der Waals surface area (Å²) in [6.45, 7) is 1.01. The molecule has 1 atom stereocenters. The highest BCUT2D eigenvalue weighted by Crippen LogP contribution is 2.31. The van der Waals surface area contributed by atoms with E-state index < -0.39 is 29.5 Å². The maximum absolute atomic E-state index is 14.0. The largest absolute Gasteiger partial charge is 0.488 e. The molecule has 1 aromatic carbocycles. The van der Waals surface area contributed by atoms with Crippen molar-refractivity contribution in [2.24, 2.45) is 0 Å². The van der Waals surface area contributed by atoms with Crippen molar-refractivity contribution in [1.82, 2.24) is 19.9 Å². The SMILES string of the molecule is O=C(N[C@H]1COc2cc(F)cc(F)c2NC1=O)c1nc2cccc(C3CCOCC3)n2n1. The van der Waals surface area contributed by atoms with E-state index in [-0.39, 0.29) is 29.8 Å². The van der Waals surface area contributed by atoms with E-state index in [2.05, 4.69) is 20.7 Å². The lowest BCUT2D eigenvalue weighted by molar-refractivity contribution is -0.118. The minimum Gasteiger partial charge on any atom is -0.488 e. The third kappa shape index (κ3) is 3.75. The fraction of sp³-hybridized carbons (Fsp3) is 0.333. The van der Waals surface area contributed by atoms with Gasteiger partial charge in [-0.05, 0) is 25.0 Å². The van der Waals surface area contributed by atoms with Gasteiger partial charge in [-0.25, -0.2) is 18.3 Å². The topological polar surface area (TPSA) is 107 Å². The summed E-state index contributed by atoms with van der Waals surface area (Å²) < 4.78 is 39.8. The highest BCUT2D eigenvalue weighted by Gasteiger charge is 2.30. The Morgan fingerprint density at radius 1 is 1.22 bits per heavy atom. The standard InChI is InChI=1S/C21H19F2N5O4/c22-12-8-13(23)18-16(9-12)32-10-14(20(29)26-18)24-21(30)19-25-17-3-1-2-15(28(17)27-19)11-4-6-31-7-5-11/h1-3,8-9,11,14H,4-7,10H2,(H,24,30)(H,26,29)/t14-/m0/s1. The molecule has 5 rings (SSSR count). The molecule has 0 aliphatic carbocycles. The van der Waals surface area contributed by atoms with E-state index in [1.165, 1.54) is 0 Å². The van der Waals surface area contributed by atoms with Crippen LogP contribution in [0.5, 0.6) is 5.75 Å². The molecule has 2 amide bonds. The van der Waals surface area contributed by atoms with Gasteiger partial charge in [-0.2, -0.15) is 0 Å². The number of nitrogens with one attached hydrogen (secondary N) is 2. The number of carbonyl (C=O) groups excluding carboxylic acids is 2. The minimum absolute atomic E-state index is 0.115. The fourth-order valence-corrected chi connectivity index (χ4v) is 3.90. The number of nitrogens with zero attached hydrogens (tertiary/aromatic N) is 3. The van der Waals surface area contributed by atoms with E-state index in [0.717, 1.165) is 24.6 Å². The van der Waals surface area contributed by atoms with Crippen LogP contribution in [0, 0.1) is 11.6 Å². The molecule has 0 unspecified atom stereocenters. The highest BCUT2D eigenvalue weighted by atomic mass is 19.1. The van der Waals surface area contributed by atoms with E-state index in [0.29, 0.717) is 24.9 Å². The molecule has 166 valence electrons. The minimum atomic E-state index is -1.15. The molecule has 9 nitrogen and oxygen atoms in total. The van der Waals surface area contributed by atoms with Crippen molar-refractivity contribution in [3.8, 4) is 5.75 Å². The number of pyridine rings is 1. The van der Waals surface area contributed by atoms with E-state index in [1.54, 1.807) is 10.6 Å². The third-order valence-electron chi connectivity index (χ3n) is 5.53. The third-order valence-corrected chi connectivity index (χ3v) is 5.53. The molecule has 4 heterocycles. The highest BCUT2D eigenvalue weighted by molar-refractivity contribution is 6.01. The van der Waals surface area contributed by atoms with Gasteiger partial charge in [0.2, 0.25) is 5.82 Å². The van der Waals surface area contributed by atoms with Gasteiger partial charge >= 0.3 is 0 Å². The Kier molecular flexibility index (Phi) is 5.17. The predicted octanol–water partition coefficient (Wildman–Crippen LogP) is 2.03. The maximum atomic E-state index is 14.0. The lowest BCUT2D eigenvalue weighted by Crippen LogP contribution is -2.46. The number of anilines is 1. The molecule has 11 heteroatoms. The average Bonchev–Trinajstić information content (AvgIpc) is 3.17. The second-order valence-corrected chi connectivity index (χ2v) is 7.63. The molecule has 1 saturated heterocycles. The molecule has 2 N–H and O–H groups in total. The van der Waals surface area contributed by atoms with Crippen LogP contribution in [0.2, 0.25) is 0 Å². The van der Waals surface area contributed by atoms with Gasteiger partial charge in [0, 0.05) is 37.0 Å². The Bertz CT molecular complexity index is 1210. The molecular formula is C21H19F2N5O4. The Labute approximate surface area is 180 Å². The van der Waals surface area contributed by atoms with Gasteiger partial charge in [-0.15, -0.1) is 5.10 Å². The number of benzene rings is 1. The van der Waals surface area contributed by atoms with Crippen LogP contribution in [0.25, 0.3) is 5.65 Å². The van der Waals surface area contributed by atoms with E-state index in [1.807, 2.05) is 12.1 Å². The van der Waals surface area contributed by atoms with Gasteiger partial charge < -0.3 is 20.1 Å². The normalized spacial score (nSPS) is 19.1. The Morgan fingerprint density at radius 2 is 2.03 bits per heavy atom. The van der Waals surface area contributed by atoms with Crippen molar-refractivity contribution in [1.29, 1.82) is 0 Å². The summed E-state index contributed by atoms with van der Waals surface area (Å²) in [5, 5.41) is 9.17. The number of halogens is 2. The van der Waals surface area contributed by atoms with Gasteiger partial charge in [-0.1, -0.05) is 6.07 Å². The number of aromatic nitrogens is 3. The van der Waals surface area contributed by atoms with Crippen LogP contribution >= 0.6 is 0 Å². The first-order valence-corrected chi connectivity index (χ1v) is 10.2. The molecule has 2 aliphatic heterocycles. The second kappa shape index (κ2) is 8.15. The Morgan fingerprint density at radius 3 is 2.84 bits per heavy atom. The molecule has 0 bridgehead atoms. The van der Waals surface area contributed by atoms with E-state index in [4.69, 9.17) is 9.47 Å². The number of ether oxygens (including phenoxy) is 2. The molecule has 0 saturated carbocycles. The lowest BCUT2D eigenvalue weighted by Gasteiger charge is -2.22. The molecule has 0 spiro atoms. The average molecular weight is 443 g/mol. The zero-order valence-electron chi connectivity index (χ0n) is 16.8. The fourth-order valence-electron chi connectivity index (χ4n) is 3.90. The summed E-state index contributed by atoms with van der Waals surface area (Å²) in [7, 11) is 0. The quantitative estimate of drug-likeness (QED) is 0.642. The molecule has 3 aromatic rings. The predicted molar refractivity (Wildman–Crippen MR) is 108 cm³/mol. The first kappa shape index (κ1) is 20.3. The zero-order valence-corrected chi connectivity index (χ0v) is 16.8. The lowest BCUT2D eigenvalue weighted by atomic mass is 9.96. The number of hydrogen-bond acceptors (Lipinski definition) is 6. The molecule has 1 fully saturated rings. The first-order chi connectivity index (χ1) is 15.5. The summed E-state index contributed by atoms with van der Waals surface area (Å²) in [4.78, 5) is 29.5. The van der Waals surface area contributed by atoms with Crippen LogP contribution in [0.15, 0.2) is 30.3 Å². The van der Waals surface area contributed by atoms with Crippen molar-refractivity contribution >= 4 is 23.1 Å². The number of amides is 2. The van der Waals surface area contributed by atoms with Gasteiger partial charge in [0.05, 0.1) is 0 Å². The van der Waals surface area contributed by atoms with Gasteiger partial charge in [0.1, 0.15) is 29.9 Å². The van der Waals surface area contributed by atoms with E-state index >= 15 is 0 Å². The summed E-state index contributed by atoms with van der Waals surface area (Å²) in [5.74, 6) is -3.23. The summed E-state index contributed by atoms with van der Waals surface area (Å²) in [6, 6.07) is 5.98. The van der Waals surface area contributed by atoms with Crippen LogP contribution in [0.1, 0.15) is 35.1 Å². The summed E-state index contributed by atoms with van der Waals surface area (Å²) in [5.41, 5.74) is 1.16. The molecule has 2 aromatic heterocycles. The van der Waals surface area contributed by atoms with Crippen molar-refractivity contribution in [2.45, 2.75) is 24.8 Å². The number of carbonyl (C=O) groups is 2. The Balaban J connectivity index is 1.36. The summed E-state index contributed by atoms with van der Waals surface area (Å²) in [6.07, 6.45) is 1.69. The number of hydrogen-bond donors (Lipinski definition) is 2. The van der Waals surface area contributed by atoms with Gasteiger partial charge in [0.25, 0.3) is 11.8 Å². The number of rotatable bonds is 3. The van der Waals surface area contributed by atoms with Crippen molar-refractivity contribution < 1.29 is 27.8 Å². The van der Waals surface area contributed by atoms with Crippen molar-refractivity contribution in [3.63, 3.8) is 0 Å². The monoisotopic (exact) mass is 443 g/mol. The molecule has 2 aliphatic rings. The van der Waals surface area contributed by atoms with Crippen molar-refractivity contribution in [3.05, 3.63) is 53.5 Å². The van der Waals surface area contributed by atoms with Gasteiger partial charge in [-0.3, -0.25) is 9.59 Å². The van der Waals surface area contributed by atoms with Crippen LogP contribution in [0.3, 0.4) is 0 Å². The Hall–Kier alpha value is -3.60. The second-order valence-electron chi connectivity index (χ2n) is 7.63. The molecular weight excluding hydrogens is 424 g/mol. The smallest absolute Gasteiger partial charge is 0.291 e. The van der Waals surface area contributed by atoms with Crippen LogP contribution in [0.4, 0.5) is 14.5 Å². The number of fused-ring (bicyclic) bond motifs is 2. The summed E-state index contributed by atoms with van der Waals surface area (Å²) >= 11 is 0. The van der Waals surface area contributed by atoms with Crippen LogP contribution in [-0.4, -0.2) is 52.3 Å². The van der Waals surface area contributed by atoms with Crippen LogP contribution in [-0.2, 0) is 9.53 Å². The zero-order chi connectivity index (χ0) is 22.2. The molecule has 32 heavy (non-hydrogen) atoms. The van der Waals surface area contributed by atoms with E-state index in [9.17, 15) is 18.4 Å².